The van der Waals surface area contributed by atoms with Gasteiger partial charge in [-0.15, -0.1) is 0 Å². The van der Waals surface area contributed by atoms with Gasteiger partial charge in [0.05, 0.1) is 6.54 Å². The topological polar surface area (TPSA) is 53.1 Å². The maximum atomic E-state index is 5.58. The fourth-order valence-corrected chi connectivity index (χ4v) is 1.87. The molecule has 1 N–H and O–H groups in total. The zero-order valence-corrected chi connectivity index (χ0v) is 11.8. The predicted octanol–water partition coefficient (Wildman–Crippen LogP) is 1.95. The summed E-state index contributed by atoms with van der Waals surface area (Å²) in [5, 5.41) is 3.21. The van der Waals surface area contributed by atoms with E-state index in [1.54, 1.807) is 7.05 Å². The van der Waals surface area contributed by atoms with Gasteiger partial charge in [0.1, 0.15) is 17.4 Å². The van der Waals surface area contributed by atoms with Crippen molar-refractivity contribution in [3.63, 3.8) is 0 Å². The van der Waals surface area contributed by atoms with E-state index in [0.717, 1.165) is 17.4 Å². The molecule has 1 unspecified atom stereocenters. The second-order valence-electron chi connectivity index (χ2n) is 4.68. The molecule has 0 bridgehead atoms. The van der Waals surface area contributed by atoms with Gasteiger partial charge in [0, 0.05) is 20.1 Å². The molecule has 0 aromatic carbocycles. The molecule has 1 aliphatic rings. The van der Waals surface area contributed by atoms with E-state index in [9.17, 15) is 0 Å². The summed E-state index contributed by atoms with van der Waals surface area (Å²) in [6.45, 7) is 4.69. The highest BCUT2D eigenvalue weighted by Crippen LogP contribution is 2.10. The lowest BCUT2D eigenvalue weighted by Gasteiger charge is -2.17. The van der Waals surface area contributed by atoms with Crippen molar-refractivity contribution in [2.75, 3.05) is 14.1 Å². The van der Waals surface area contributed by atoms with Crippen LogP contribution in [0.25, 0.3) is 0 Å². The monoisotopic (exact) mass is 260 g/mol. The van der Waals surface area contributed by atoms with Gasteiger partial charge in [0.2, 0.25) is 5.96 Å². The number of hydrogen-bond acceptors (Lipinski definition) is 3. The molecule has 0 aliphatic carbocycles. The van der Waals surface area contributed by atoms with Gasteiger partial charge in [-0.1, -0.05) is 6.08 Å². The molecule has 1 aromatic rings. The predicted molar refractivity (Wildman–Crippen MR) is 77.4 cm³/mol. The largest absolute Gasteiger partial charge is 0.464 e. The number of aliphatic imine (C=N–C) groups is 2. The lowest BCUT2D eigenvalue weighted by atomic mass is 10.3. The average molecular weight is 260 g/mol. The highest BCUT2D eigenvalue weighted by Gasteiger charge is 2.12. The van der Waals surface area contributed by atoms with Crippen molar-refractivity contribution in [1.82, 2.24) is 10.2 Å². The molecule has 1 atom stereocenters. The van der Waals surface area contributed by atoms with E-state index in [2.05, 4.69) is 28.3 Å². The molecule has 1 aliphatic heterocycles. The highest BCUT2D eigenvalue weighted by atomic mass is 16.3. The Kier molecular flexibility index (Phi) is 4.04. The molecule has 0 fully saturated rings. The first kappa shape index (κ1) is 13.4. The van der Waals surface area contributed by atoms with Gasteiger partial charge < -0.3 is 14.6 Å². The van der Waals surface area contributed by atoms with Gasteiger partial charge in [-0.05, 0) is 32.1 Å². The van der Waals surface area contributed by atoms with E-state index in [1.807, 2.05) is 37.1 Å². The van der Waals surface area contributed by atoms with E-state index in [0.29, 0.717) is 12.5 Å². The lowest BCUT2D eigenvalue weighted by molar-refractivity contribution is 0.401. The van der Waals surface area contributed by atoms with Crippen LogP contribution in [0.1, 0.15) is 18.4 Å². The molecule has 1 aromatic heterocycles. The Morgan fingerprint density at radius 1 is 1.47 bits per heavy atom. The number of likely N-dealkylation sites (N-methyl/N-ethyl adjacent to an activating group) is 1. The molecule has 0 amide bonds. The highest BCUT2D eigenvalue weighted by molar-refractivity contribution is 6.02. The van der Waals surface area contributed by atoms with Gasteiger partial charge in [0.15, 0.2) is 0 Å². The molecule has 0 radical (unpaired) electrons. The van der Waals surface area contributed by atoms with Crippen molar-refractivity contribution in [3.05, 3.63) is 35.8 Å². The molecular formula is C14H20N4O. The second-order valence-corrected chi connectivity index (χ2v) is 4.68. The third-order valence-corrected chi connectivity index (χ3v) is 2.90. The van der Waals surface area contributed by atoms with Gasteiger partial charge >= 0.3 is 0 Å². The van der Waals surface area contributed by atoms with E-state index in [-0.39, 0.29) is 6.04 Å². The normalized spacial score (nSPS) is 20.9. The molecule has 102 valence electrons. The Bertz CT molecular complexity index is 527. The minimum absolute atomic E-state index is 0.221. The number of amidine groups is 1. The molecule has 5 heteroatoms. The maximum Gasteiger partial charge on any atom is 0.220 e. The number of aryl methyl sites for hydroxylation is 1. The molecule has 0 saturated heterocycles. The molecule has 5 nitrogen and oxygen atoms in total. The number of rotatable bonds is 2. The summed E-state index contributed by atoms with van der Waals surface area (Å²) in [4.78, 5) is 10.7. The third-order valence-electron chi connectivity index (χ3n) is 2.90. The first-order chi connectivity index (χ1) is 9.08. The van der Waals surface area contributed by atoms with Crippen LogP contribution in [0.15, 0.2) is 38.7 Å². The van der Waals surface area contributed by atoms with Crippen molar-refractivity contribution < 1.29 is 4.42 Å². The molecule has 0 saturated carbocycles. The Morgan fingerprint density at radius 3 is 2.89 bits per heavy atom. The second kappa shape index (κ2) is 5.73. The fourth-order valence-electron chi connectivity index (χ4n) is 1.87. The summed E-state index contributed by atoms with van der Waals surface area (Å²) >= 11 is 0. The Hall–Kier alpha value is -2.04. The number of hydrogen-bond donors (Lipinski definition) is 1. The Morgan fingerprint density at radius 2 is 2.26 bits per heavy atom. The van der Waals surface area contributed by atoms with Gasteiger partial charge in [-0.3, -0.25) is 4.99 Å². The summed E-state index contributed by atoms with van der Waals surface area (Å²) in [6.07, 6.45) is 4.08. The van der Waals surface area contributed by atoms with Crippen LogP contribution in [0, 0.1) is 6.92 Å². The zero-order chi connectivity index (χ0) is 13.8. The Balaban J connectivity index is 2.14. The first-order valence-electron chi connectivity index (χ1n) is 6.35. The molecule has 2 rings (SSSR count). The van der Waals surface area contributed by atoms with E-state index in [4.69, 9.17) is 4.42 Å². The lowest BCUT2D eigenvalue weighted by Crippen LogP contribution is -2.30. The number of nitrogens with one attached hydrogen (secondary N) is 1. The number of nitrogens with zero attached hydrogens (tertiary/aromatic N) is 3. The summed E-state index contributed by atoms with van der Waals surface area (Å²) in [6, 6.07) is 4.18. The third kappa shape index (κ3) is 3.47. The van der Waals surface area contributed by atoms with E-state index in [1.165, 1.54) is 0 Å². The van der Waals surface area contributed by atoms with Crippen molar-refractivity contribution in [3.8, 4) is 0 Å². The molecular weight excluding hydrogens is 240 g/mol. The van der Waals surface area contributed by atoms with Crippen LogP contribution < -0.4 is 5.32 Å². The minimum atomic E-state index is 0.221. The number of furan rings is 1. The van der Waals surface area contributed by atoms with E-state index < -0.39 is 0 Å². The van der Waals surface area contributed by atoms with Crippen molar-refractivity contribution >= 4 is 11.8 Å². The fraction of sp³-hybridized carbons (Fsp3) is 0.429. The average Bonchev–Trinajstić information content (AvgIpc) is 2.67. The van der Waals surface area contributed by atoms with E-state index >= 15 is 0 Å². The number of guanidine groups is 1. The summed E-state index contributed by atoms with van der Waals surface area (Å²) in [7, 11) is 3.72. The maximum absolute atomic E-state index is 5.58. The van der Waals surface area contributed by atoms with Crippen LogP contribution >= 0.6 is 0 Å². The standard InChI is InChI=1S/C14H20N4O/c1-10-5-8-13(17-14(15-3)16-10)18(4)9-12-7-6-11(2)19-12/h5-8,10H,9H2,1-4H3,(H,15,16). The van der Waals surface area contributed by atoms with Crippen LogP contribution in [-0.2, 0) is 6.54 Å². The Labute approximate surface area is 113 Å². The van der Waals surface area contributed by atoms with Crippen molar-refractivity contribution in [2.45, 2.75) is 26.4 Å². The van der Waals surface area contributed by atoms with Gasteiger partial charge in [-0.2, -0.15) is 4.99 Å². The van der Waals surface area contributed by atoms with Crippen LogP contribution in [-0.4, -0.2) is 36.8 Å². The quantitative estimate of drug-likeness (QED) is 0.884. The van der Waals surface area contributed by atoms with Crippen molar-refractivity contribution in [1.29, 1.82) is 0 Å². The summed E-state index contributed by atoms with van der Waals surface area (Å²) in [5.74, 6) is 3.37. The zero-order valence-electron chi connectivity index (χ0n) is 11.8. The summed E-state index contributed by atoms with van der Waals surface area (Å²) in [5.41, 5.74) is 0. The van der Waals surface area contributed by atoms with Crippen molar-refractivity contribution in [2.24, 2.45) is 9.98 Å². The summed E-state index contributed by atoms with van der Waals surface area (Å²) < 4.78 is 5.58. The smallest absolute Gasteiger partial charge is 0.220 e. The van der Waals surface area contributed by atoms with Crippen LogP contribution in [0.2, 0.25) is 0 Å². The molecule has 2 heterocycles. The van der Waals surface area contributed by atoms with Gasteiger partial charge in [-0.25, -0.2) is 0 Å². The van der Waals surface area contributed by atoms with Crippen LogP contribution in [0.4, 0.5) is 0 Å². The van der Waals surface area contributed by atoms with Crippen LogP contribution in [0.5, 0.6) is 0 Å². The van der Waals surface area contributed by atoms with Crippen LogP contribution in [0.3, 0.4) is 0 Å². The van der Waals surface area contributed by atoms with Gasteiger partial charge in [0.25, 0.3) is 0 Å². The molecule has 0 spiro atoms. The molecule has 19 heavy (non-hydrogen) atoms. The first-order valence-corrected chi connectivity index (χ1v) is 6.35. The SMILES string of the molecule is CN=C1N=C(N(C)Cc2ccc(C)o2)C=CC(C)N1. The minimum Gasteiger partial charge on any atom is -0.464 e.